The summed E-state index contributed by atoms with van der Waals surface area (Å²) in [4.78, 5) is 0. The van der Waals surface area contributed by atoms with E-state index in [1.807, 2.05) is 0 Å². The Hall–Kier alpha value is 1.41. The molecule has 6 heavy (non-hydrogen) atoms. The molecule has 0 radical (unpaired) electrons. The number of halogens is 2. The maximum atomic E-state index is 3.50. The average Bonchev–Trinajstić information content (AvgIpc) is 0.918. The number of hydrogen-bond acceptors (Lipinski definition) is 0. The maximum Gasteiger partial charge on any atom is 0 e. The molecule has 0 heterocycles. The second-order valence-corrected chi connectivity index (χ2v) is 0.447. The second kappa shape index (κ2) is 32.3. The molecule has 0 aromatic heterocycles. The molecule has 0 saturated heterocycles. The fraction of sp³-hybridized carbons (Fsp3) is 1.00. The Balaban J connectivity index is -0.00000000667. The molecule has 40 valence electrons. The first-order valence-electron chi connectivity index (χ1n) is 0.894. The third kappa shape index (κ3) is 52.9. The average molecular weight is 293 g/mol. The van der Waals surface area contributed by atoms with Crippen molar-refractivity contribution >= 4 is 0 Å². The molecule has 0 spiro atoms. The first-order chi connectivity index (χ1) is 1.41. The minimum atomic E-state index is 0. The molecule has 0 aliphatic rings. The Kier molecular flexibility index (Phi) is 141. The standard InChI is InChI=1S/C2H6N.2ClH.Hf/c1-3-2;;;/h1-2H3;2*1H;/q-1;;;/p-2. The van der Waals surface area contributed by atoms with Gasteiger partial charge in [0, 0.05) is 25.8 Å². The first-order valence-corrected chi connectivity index (χ1v) is 0.894. The largest absolute Gasteiger partial charge is 1.00 e. The maximum absolute atomic E-state index is 3.50. The van der Waals surface area contributed by atoms with Crippen molar-refractivity contribution in [2.45, 2.75) is 0 Å². The van der Waals surface area contributed by atoms with Gasteiger partial charge in [0.05, 0.1) is 0 Å². The Morgan fingerprint density at radius 2 is 1.00 bits per heavy atom. The van der Waals surface area contributed by atoms with Crippen LogP contribution in [0.2, 0.25) is 0 Å². The van der Waals surface area contributed by atoms with Gasteiger partial charge in [-0.1, -0.05) is 0 Å². The molecule has 0 rings (SSSR count). The summed E-state index contributed by atoms with van der Waals surface area (Å²) in [5.41, 5.74) is 0. The zero-order valence-electron chi connectivity index (χ0n) is 3.70. The van der Waals surface area contributed by atoms with E-state index in [0.717, 1.165) is 0 Å². The number of rotatable bonds is 0. The molecular weight excluding hydrogens is 287 g/mol. The molecule has 0 aliphatic carbocycles. The second-order valence-electron chi connectivity index (χ2n) is 0.447. The third-order valence-electron chi connectivity index (χ3n) is 0. The molecule has 0 bridgehead atoms. The van der Waals surface area contributed by atoms with Crippen LogP contribution in [0.4, 0.5) is 0 Å². The van der Waals surface area contributed by atoms with Gasteiger partial charge in [-0.05, 0) is 0 Å². The van der Waals surface area contributed by atoms with Gasteiger partial charge in [0.2, 0.25) is 0 Å². The summed E-state index contributed by atoms with van der Waals surface area (Å²) in [6.45, 7) is 0. The number of nitrogens with zero attached hydrogens (tertiary/aromatic N) is 1. The van der Waals surface area contributed by atoms with Gasteiger partial charge in [-0.25, -0.2) is 0 Å². The zero-order valence-corrected chi connectivity index (χ0v) is 8.81. The van der Waals surface area contributed by atoms with Gasteiger partial charge in [0.25, 0.3) is 0 Å². The molecule has 0 fully saturated rings. The van der Waals surface area contributed by atoms with Crippen LogP contribution < -0.4 is 24.8 Å². The van der Waals surface area contributed by atoms with E-state index in [9.17, 15) is 0 Å². The molecule has 0 atom stereocenters. The van der Waals surface area contributed by atoms with Crippen LogP contribution in [0.25, 0.3) is 5.32 Å². The van der Waals surface area contributed by atoms with Crippen LogP contribution in [-0.4, -0.2) is 14.1 Å². The van der Waals surface area contributed by atoms with Crippen LogP contribution in [0.5, 0.6) is 0 Å². The minimum Gasteiger partial charge on any atom is -1.00 e. The molecule has 1 nitrogen and oxygen atoms in total. The Morgan fingerprint density at radius 3 is 1.00 bits per heavy atom. The van der Waals surface area contributed by atoms with Crippen molar-refractivity contribution in [3.8, 4) is 0 Å². The first kappa shape index (κ1) is 26.2. The summed E-state index contributed by atoms with van der Waals surface area (Å²) in [7, 11) is 3.50. The molecular formula is C2H6Cl2HfN-3. The smallest absolute Gasteiger partial charge is 0 e. The quantitative estimate of drug-likeness (QED) is 0.396. The normalized spacial score (nSPS) is 3.00. The topological polar surface area (TPSA) is 14.1 Å². The molecule has 0 aromatic carbocycles. The summed E-state index contributed by atoms with van der Waals surface area (Å²) in [5.74, 6) is 0. The van der Waals surface area contributed by atoms with Crippen LogP contribution >= 0.6 is 0 Å². The van der Waals surface area contributed by atoms with Crippen molar-refractivity contribution in [1.29, 1.82) is 0 Å². The Morgan fingerprint density at radius 1 is 1.00 bits per heavy atom. The van der Waals surface area contributed by atoms with Crippen molar-refractivity contribution < 1.29 is 50.7 Å². The monoisotopic (exact) mass is 294 g/mol. The Bertz CT molecular complexity index is 11.5. The summed E-state index contributed by atoms with van der Waals surface area (Å²) in [6.07, 6.45) is 0. The molecule has 0 N–H and O–H groups in total. The number of hydrogen-bond donors (Lipinski definition) is 0. The van der Waals surface area contributed by atoms with Gasteiger partial charge >= 0.3 is 0 Å². The van der Waals surface area contributed by atoms with Crippen molar-refractivity contribution in [1.82, 2.24) is 0 Å². The third-order valence-corrected chi connectivity index (χ3v) is 0. The minimum absolute atomic E-state index is 0. The van der Waals surface area contributed by atoms with Crippen LogP contribution in [0.1, 0.15) is 0 Å². The van der Waals surface area contributed by atoms with Crippen LogP contribution in [0.3, 0.4) is 0 Å². The van der Waals surface area contributed by atoms with Crippen molar-refractivity contribution in [3.63, 3.8) is 0 Å². The zero-order chi connectivity index (χ0) is 2.71. The Labute approximate surface area is 69.9 Å². The summed E-state index contributed by atoms with van der Waals surface area (Å²) < 4.78 is 0. The van der Waals surface area contributed by atoms with Gasteiger partial charge in [-0.2, -0.15) is 14.1 Å². The van der Waals surface area contributed by atoms with Crippen LogP contribution in [0, 0.1) is 0 Å². The predicted octanol–water partition coefficient (Wildman–Crippen LogP) is -5.37. The van der Waals surface area contributed by atoms with E-state index in [-0.39, 0.29) is 50.7 Å². The van der Waals surface area contributed by atoms with E-state index in [4.69, 9.17) is 0 Å². The van der Waals surface area contributed by atoms with Crippen LogP contribution in [-0.2, 0) is 25.8 Å². The van der Waals surface area contributed by atoms with Crippen molar-refractivity contribution in [2.24, 2.45) is 0 Å². The van der Waals surface area contributed by atoms with Gasteiger partial charge in [0.15, 0.2) is 0 Å². The van der Waals surface area contributed by atoms with Gasteiger partial charge < -0.3 is 30.1 Å². The van der Waals surface area contributed by atoms with Crippen molar-refractivity contribution in [2.75, 3.05) is 14.1 Å². The van der Waals surface area contributed by atoms with Gasteiger partial charge in [0.1, 0.15) is 0 Å². The predicted molar refractivity (Wildman–Crippen MR) is 15.2 cm³/mol. The van der Waals surface area contributed by atoms with E-state index < -0.39 is 0 Å². The fourth-order valence-electron chi connectivity index (χ4n) is 0. The summed E-state index contributed by atoms with van der Waals surface area (Å²) >= 11 is 0. The van der Waals surface area contributed by atoms with Gasteiger partial charge in [-0.3, -0.25) is 0 Å². The summed E-state index contributed by atoms with van der Waals surface area (Å²) in [6, 6.07) is 0. The van der Waals surface area contributed by atoms with E-state index in [2.05, 4.69) is 5.32 Å². The molecule has 0 aromatic rings. The van der Waals surface area contributed by atoms with E-state index in [1.54, 1.807) is 14.1 Å². The summed E-state index contributed by atoms with van der Waals surface area (Å²) in [5, 5.41) is 3.50. The molecule has 0 amide bonds. The molecule has 0 saturated carbocycles. The van der Waals surface area contributed by atoms with E-state index in [0.29, 0.717) is 0 Å². The molecule has 4 heteroatoms. The molecule has 0 unspecified atom stereocenters. The van der Waals surface area contributed by atoms with E-state index >= 15 is 0 Å². The van der Waals surface area contributed by atoms with Crippen LogP contribution in [0.15, 0.2) is 0 Å². The molecule has 0 aliphatic heterocycles. The van der Waals surface area contributed by atoms with Gasteiger partial charge in [-0.15, -0.1) is 0 Å². The SMILES string of the molecule is C[N-]C.[Cl-].[Cl-].[Hf]. The van der Waals surface area contributed by atoms with Crippen molar-refractivity contribution in [3.05, 3.63) is 5.32 Å². The van der Waals surface area contributed by atoms with E-state index in [1.165, 1.54) is 0 Å². The fourth-order valence-corrected chi connectivity index (χ4v) is 0.